The summed E-state index contributed by atoms with van der Waals surface area (Å²) in [6.45, 7) is 2.99. The number of hydrogen-bond donors (Lipinski definition) is 2. The van der Waals surface area contributed by atoms with Crippen LogP contribution in [0.25, 0.3) is 22.6 Å². The van der Waals surface area contributed by atoms with Crippen molar-refractivity contribution in [3.63, 3.8) is 0 Å². The fourth-order valence-electron chi connectivity index (χ4n) is 3.89. The Morgan fingerprint density at radius 2 is 1.84 bits per heavy atom. The SMILES string of the molecule is O=C(c1c[nH]c(-c2nc3ccc(N4CCOCC4)cc3[nH]2)c1)c1ccccc1C(F)(F)F. The minimum atomic E-state index is -4.61. The number of imidazole rings is 1. The molecule has 3 heterocycles. The number of carbonyl (C=O) groups is 1. The van der Waals surface area contributed by atoms with Crippen LogP contribution in [0.1, 0.15) is 21.5 Å². The lowest BCUT2D eigenvalue weighted by Crippen LogP contribution is -2.36. The molecule has 0 radical (unpaired) electrons. The van der Waals surface area contributed by atoms with Crippen LogP contribution in [0.3, 0.4) is 0 Å². The summed E-state index contributed by atoms with van der Waals surface area (Å²) < 4.78 is 45.3. The Morgan fingerprint density at radius 3 is 2.62 bits per heavy atom. The van der Waals surface area contributed by atoms with Gasteiger partial charge in [-0.05, 0) is 30.3 Å². The van der Waals surface area contributed by atoms with Gasteiger partial charge in [0.25, 0.3) is 0 Å². The quantitative estimate of drug-likeness (QED) is 0.454. The smallest absolute Gasteiger partial charge is 0.378 e. The summed E-state index contributed by atoms with van der Waals surface area (Å²) in [6, 6.07) is 12.2. The van der Waals surface area contributed by atoms with E-state index in [1.165, 1.54) is 30.5 Å². The van der Waals surface area contributed by atoms with Crippen LogP contribution in [0.2, 0.25) is 0 Å². The number of carbonyl (C=O) groups excluding carboxylic acids is 1. The number of nitrogens with zero attached hydrogens (tertiary/aromatic N) is 2. The first-order chi connectivity index (χ1) is 15.4. The van der Waals surface area contributed by atoms with Gasteiger partial charge in [0.15, 0.2) is 11.6 Å². The number of benzene rings is 2. The fourth-order valence-corrected chi connectivity index (χ4v) is 3.89. The molecule has 0 spiro atoms. The Bertz CT molecular complexity index is 1290. The second-order valence-electron chi connectivity index (χ2n) is 7.56. The number of halogens is 3. The summed E-state index contributed by atoms with van der Waals surface area (Å²) in [5, 5.41) is 0. The maximum atomic E-state index is 13.3. The van der Waals surface area contributed by atoms with E-state index >= 15 is 0 Å². The lowest BCUT2D eigenvalue weighted by molar-refractivity contribution is -0.137. The maximum absolute atomic E-state index is 13.3. The topological polar surface area (TPSA) is 74.0 Å². The van der Waals surface area contributed by atoms with Gasteiger partial charge in [-0.3, -0.25) is 4.79 Å². The molecule has 1 aliphatic rings. The van der Waals surface area contributed by atoms with Gasteiger partial charge in [0.2, 0.25) is 0 Å². The third-order valence-electron chi connectivity index (χ3n) is 5.52. The first kappa shape index (κ1) is 20.3. The number of aromatic nitrogens is 3. The molecule has 9 heteroatoms. The molecular weight excluding hydrogens is 421 g/mol. The predicted octanol–water partition coefficient (Wildman–Crippen LogP) is 4.64. The molecule has 2 aromatic heterocycles. The van der Waals surface area contributed by atoms with Crippen molar-refractivity contribution in [2.75, 3.05) is 31.2 Å². The Hall–Kier alpha value is -3.59. The van der Waals surface area contributed by atoms with E-state index in [0.717, 1.165) is 35.9 Å². The molecule has 5 rings (SSSR count). The molecule has 1 fully saturated rings. The second-order valence-corrected chi connectivity index (χ2v) is 7.56. The highest BCUT2D eigenvalue weighted by molar-refractivity contribution is 6.10. The van der Waals surface area contributed by atoms with Crippen LogP contribution < -0.4 is 4.90 Å². The first-order valence-electron chi connectivity index (χ1n) is 10.1. The van der Waals surface area contributed by atoms with Gasteiger partial charge in [-0.2, -0.15) is 13.2 Å². The number of rotatable bonds is 4. The zero-order valence-corrected chi connectivity index (χ0v) is 16.9. The summed E-state index contributed by atoms with van der Waals surface area (Å²) in [7, 11) is 0. The molecule has 6 nitrogen and oxygen atoms in total. The average molecular weight is 440 g/mol. The lowest BCUT2D eigenvalue weighted by Gasteiger charge is -2.28. The van der Waals surface area contributed by atoms with Gasteiger partial charge in [-0.25, -0.2) is 4.98 Å². The Labute approximate surface area is 181 Å². The van der Waals surface area contributed by atoms with Gasteiger partial charge in [0.05, 0.1) is 35.5 Å². The van der Waals surface area contributed by atoms with Gasteiger partial charge in [0.1, 0.15) is 0 Å². The Morgan fingerprint density at radius 1 is 1.06 bits per heavy atom. The number of anilines is 1. The van der Waals surface area contributed by atoms with Crippen molar-refractivity contribution in [1.29, 1.82) is 0 Å². The van der Waals surface area contributed by atoms with E-state index in [0.29, 0.717) is 24.7 Å². The molecule has 0 aliphatic carbocycles. The van der Waals surface area contributed by atoms with E-state index in [-0.39, 0.29) is 11.1 Å². The number of fused-ring (bicyclic) bond motifs is 1. The van der Waals surface area contributed by atoms with E-state index in [9.17, 15) is 18.0 Å². The number of ketones is 1. The van der Waals surface area contributed by atoms with Crippen molar-refractivity contribution < 1.29 is 22.7 Å². The Kier molecular flexibility index (Phi) is 4.97. The fraction of sp³-hybridized carbons (Fsp3) is 0.217. The van der Waals surface area contributed by atoms with Crippen molar-refractivity contribution in [2.45, 2.75) is 6.18 Å². The van der Waals surface area contributed by atoms with Crippen molar-refractivity contribution in [3.8, 4) is 11.5 Å². The summed E-state index contributed by atoms with van der Waals surface area (Å²) in [4.78, 5) is 25.7. The highest BCUT2D eigenvalue weighted by atomic mass is 19.4. The number of hydrogen-bond acceptors (Lipinski definition) is 4. The first-order valence-corrected chi connectivity index (χ1v) is 10.1. The van der Waals surface area contributed by atoms with Gasteiger partial charge in [0, 0.05) is 36.1 Å². The zero-order chi connectivity index (χ0) is 22.3. The largest absolute Gasteiger partial charge is 0.417 e. The number of nitrogens with one attached hydrogen (secondary N) is 2. The van der Waals surface area contributed by atoms with E-state index in [1.807, 2.05) is 18.2 Å². The summed E-state index contributed by atoms with van der Waals surface area (Å²) in [6.07, 6.45) is -3.21. The molecule has 0 saturated carbocycles. The van der Waals surface area contributed by atoms with Crippen LogP contribution in [0.4, 0.5) is 18.9 Å². The highest BCUT2D eigenvalue weighted by Gasteiger charge is 2.35. The zero-order valence-electron chi connectivity index (χ0n) is 16.9. The van der Waals surface area contributed by atoms with Crippen LogP contribution in [0.5, 0.6) is 0 Å². The summed E-state index contributed by atoms with van der Waals surface area (Å²) in [5.74, 6) is -0.201. The molecule has 2 N–H and O–H groups in total. The van der Waals surface area contributed by atoms with Gasteiger partial charge >= 0.3 is 6.18 Å². The third kappa shape index (κ3) is 3.75. The highest BCUT2D eigenvalue weighted by Crippen LogP contribution is 2.33. The molecule has 164 valence electrons. The molecule has 1 aliphatic heterocycles. The van der Waals surface area contributed by atoms with Gasteiger partial charge in [-0.15, -0.1) is 0 Å². The third-order valence-corrected chi connectivity index (χ3v) is 5.52. The number of ether oxygens (including phenoxy) is 1. The predicted molar refractivity (Wildman–Crippen MR) is 114 cm³/mol. The summed E-state index contributed by atoms with van der Waals surface area (Å²) in [5.41, 5.74) is 1.95. The molecule has 4 aromatic rings. The monoisotopic (exact) mass is 440 g/mol. The van der Waals surface area contributed by atoms with Crippen LogP contribution in [-0.2, 0) is 10.9 Å². The number of morpholine rings is 1. The van der Waals surface area contributed by atoms with Crippen LogP contribution in [0, 0.1) is 0 Å². The summed E-state index contributed by atoms with van der Waals surface area (Å²) >= 11 is 0. The van der Waals surface area contributed by atoms with Crippen LogP contribution in [-0.4, -0.2) is 47.0 Å². The van der Waals surface area contributed by atoms with Crippen LogP contribution in [0.15, 0.2) is 54.7 Å². The maximum Gasteiger partial charge on any atom is 0.417 e. The molecule has 0 atom stereocenters. The van der Waals surface area contributed by atoms with Crippen molar-refractivity contribution >= 4 is 22.5 Å². The molecular formula is C23H19F3N4O2. The minimum absolute atomic E-state index is 0.131. The molecule has 0 unspecified atom stereocenters. The number of alkyl halides is 3. The van der Waals surface area contributed by atoms with E-state index < -0.39 is 17.5 Å². The normalized spacial score (nSPS) is 14.8. The van der Waals surface area contributed by atoms with Gasteiger partial charge < -0.3 is 19.6 Å². The standard InChI is InChI=1S/C23H19F3N4O2/c24-23(25,26)17-4-2-1-3-16(17)21(31)14-11-20(27-13-14)22-28-18-6-5-15(12-19(18)29-22)30-7-9-32-10-8-30/h1-6,11-13,27H,7-10H2,(H,28,29). The van der Waals surface area contributed by atoms with E-state index in [4.69, 9.17) is 4.74 Å². The van der Waals surface area contributed by atoms with Crippen molar-refractivity contribution in [2.24, 2.45) is 0 Å². The van der Waals surface area contributed by atoms with E-state index in [2.05, 4.69) is 19.9 Å². The second kappa shape index (κ2) is 7.83. The van der Waals surface area contributed by atoms with Crippen molar-refractivity contribution in [1.82, 2.24) is 15.0 Å². The molecule has 0 amide bonds. The molecule has 2 aromatic carbocycles. The van der Waals surface area contributed by atoms with Crippen LogP contribution >= 0.6 is 0 Å². The minimum Gasteiger partial charge on any atom is -0.378 e. The number of aromatic amines is 2. The van der Waals surface area contributed by atoms with E-state index in [1.54, 1.807) is 0 Å². The Balaban J connectivity index is 1.44. The van der Waals surface area contributed by atoms with Gasteiger partial charge in [-0.1, -0.05) is 18.2 Å². The molecule has 1 saturated heterocycles. The average Bonchev–Trinajstić information content (AvgIpc) is 3.45. The lowest BCUT2D eigenvalue weighted by atomic mass is 9.99. The molecule has 32 heavy (non-hydrogen) atoms. The number of H-pyrrole nitrogens is 2. The molecule has 0 bridgehead atoms. The van der Waals surface area contributed by atoms with Crippen molar-refractivity contribution in [3.05, 3.63) is 71.4 Å².